The van der Waals surface area contributed by atoms with Crippen LogP contribution in [0.4, 0.5) is 24.7 Å². The highest BCUT2D eigenvalue weighted by Gasteiger charge is 2.30. The van der Waals surface area contributed by atoms with Crippen LogP contribution in [0.15, 0.2) is 36.7 Å². The number of ether oxygens (including phenoxy) is 1. The van der Waals surface area contributed by atoms with E-state index >= 15 is 0 Å². The van der Waals surface area contributed by atoms with Crippen molar-refractivity contribution < 1.29 is 22.7 Å². The summed E-state index contributed by atoms with van der Waals surface area (Å²) in [7, 11) is 0. The molecule has 0 bridgehead atoms. The minimum Gasteiger partial charge on any atom is -0.376 e. The number of carbonyl (C=O) groups excluding carboxylic acids is 1. The van der Waals surface area contributed by atoms with E-state index in [4.69, 9.17) is 4.74 Å². The number of nitrogens with one attached hydrogen (secondary N) is 2. The standard InChI is InChI=1S/C17H17F3N4O2/c18-17(19,20)11-3-5-12(6-4-11)24-16(25)14-8-15(23-10-22-14)21-9-13-2-1-7-26-13/h3-6,8,10,13H,1-2,7,9H2,(H,24,25)(H,21,22,23). The lowest BCUT2D eigenvalue weighted by Crippen LogP contribution is -2.20. The van der Waals surface area contributed by atoms with Crippen LogP contribution in [0.25, 0.3) is 0 Å². The first kappa shape index (κ1) is 18.1. The molecule has 26 heavy (non-hydrogen) atoms. The molecule has 6 nitrogen and oxygen atoms in total. The minimum absolute atomic E-state index is 0.106. The predicted molar refractivity (Wildman–Crippen MR) is 88.9 cm³/mol. The lowest BCUT2D eigenvalue weighted by atomic mass is 10.2. The molecule has 1 fully saturated rings. The first-order valence-corrected chi connectivity index (χ1v) is 8.08. The van der Waals surface area contributed by atoms with Crippen LogP contribution in [0.1, 0.15) is 28.9 Å². The van der Waals surface area contributed by atoms with E-state index in [9.17, 15) is 18.0 Å². The van der Waals surface area contributed by atoms with E-state index in [2.05, 4.69) is 20.6 Å². The van der Waals surface area contributed by atoms with Gasteiger partial charge in [0, 0.05) is 24.9 Å². The molecule has 1 atom stereocenters. The Bertz CT molecular complexity index is 759. The van der Waals surface area contributed by atoms with Crippen molar-refractivity contribution in [3.05, 3.63) is 47.9 Å². The minimum atomic E-state index is -4.42. The average molecular weight is 366 g/mol. The van der Waals surface area contributed by atoms with Gasteiger partial charge >= 0.3 is 6.18 Å². The summed E-state index contributed by atoms with van der Waals surface area (Å²) in [4.78, 5) is 20.2. The molecule has 3 rings (SSSR count). The molecule has 1 saturated heterocycles. The van der Waals surface area contributed by atoms with Crippen LogP contribution in [0.2, 0.25) is 0 Å². The molecule has 0 aliphatic carbocycles. The molecule has 2 heterocycles. The molecule has 1 aromatic heterocycles. The van der Waals surface area contributed by atoms with E-state index in [0.717, 1.165) is 31.6 Å². The highest BCUT2D eigenvalue weighted by Crippen LogP contribution is 2.29. The summed E-state index contributed by atoms with van der Waals surface area (Å²) in [6, 6.07) is 5.68. The van der Waals surface area contributed by atoms with E-state index in [0.29, 0.717) is 12.4 Å². The summed E-state index contributed by atoms with van der Waals surface area (Å²) in [6.45, 7) is 1.33. The number of amides is 1. The fraction of sp³-hybridized carbons (Fsp3) is 0.353. The smallest absolute Gasteiger partial charge is 0.376 e. The largest absolute Gasteiger partial charge is 0.416 e. The van der Waals surface area contributed by atoms with Gasteiger partial charge in [0.2, 0.25) is 0 Å². The Morgan fingerprint density at radius 2 is 2.00 bits per heavy atom. The third kappa shape index (κ3) is 4.69. The molecule has 1 aromatic carbocycles. The molecule has 9 heteroatoms. The maximum absolute atomic E-state index is 12.6. The van der Waals surface area contributed by atoms with Gasteiger partial charge in [-0.05, 0) is 37.1 Å². The molecule has 2 N–H and O–H groups in total. The normalized spacial score (nSPS) is 17.1. The Labute approximate surface area is 147 Å². The van der Waals surface area contributed by atoms with Gasteiger partial charge in [-0.1, -0.05) is 0 Å². The lowest BCUT2D eigenvalue weighted by molar-refractivity contribution is -0.137. The van der Waals surface area contributed by atoms with Crippen LogP contribution < -0.4 is 10.6 Å². The fourth-order valence-electron chi connectivity index (χ4n) is 2.54. The molecule has 2 aromatic rings. The zero-order chi connectivity index (χ0) is 18.6. The summed E-state index contributed by atoms with van der Waals surface area (Å²) < 4.78 is 43.2. The number of hydrogen-bond donors (Lipinski definition) is 2. The van der Waals surface area contributed by atoms with Gasteiger partial charge in [0.05, 0.1) is 11.7 Å². The summed E-state index contributed by atoms with van der Waals surface area (Å²) in [5, 5.41) is 5.60. The van der Waals surface area contributed by atoms with Crippen LogP contribution in [0.3, 0.4) is 0 Å². The van der Waals surface area contributed by atoms with Crippen LogP contribution in [0, 0.1) is 0 Å². The van der Waals surface area contributed by atoms with E-state index in [1.807, 2.05) is 0 Å². The maximum Gasteiger partial charge on any atom is 0.416 e. The molecular formula is C17H17F3N4O2. The Morgan fingerprint density at radius 3 is 2.65 bits per heavy atom. The molecule has 1 unspecified atom stereocenters. The fourth-order valence-corrected chi connectivity index (χ4v) is 2.54. The molecular weight excluding hydrogens is 349 g/mol. The SMILES string of the molecule is O=C(Nc1ccc(C(F)(F)F)cc1)c1cc(NCC2CCCO2)ncn1. The van der Waals surface area contributed by atoms with Crippen LogP contribution in [-0.2, 0) is 10.9 Å². The molecule has 1 amide bonds. The van der Waals surface area contributed by atoms with Gasteiger partial charge in [0.15, 0.2) is 0 Å². The summed E-state index contributed by atoms with van der Waals surface area (Å²) in [5.41, 5.74) is -0.427. The second kappa shape index (κ2) is 7.69. The number of hydrogen-bond acceptors (Lipinski definition) is 5. The van der Waals surface area contributed by atoms with Crippen molar-refractivity contribution in [2.45, 2.75) is 25.1 Å². The quantitative estimate of drug-likeness (QED) is 0.849. The molecule has 0 saturated carbocycles. The highest BCUT2D eigenvalue weighted by atomic mass is 19.4. The van der Waals surface area contributed by atoms with E-state index in [1.54, 1.807) is 0 Å². The number of nitrogens with zero attached hydrogens (tertiary/aromatic N) is 2. The molecule has 0 spiro atoms. The molecule has 0 radical (unpaired) electrons. The van der Waals surface area contributed by atoms with Gasteiger partial charge in [0.25, 0.3) is 5.91 Å². The predicted octanol–water partition coefficient (Wildman–Crippen LogP) is 3.34. The maximum atomic E-state index is 12.6. The molecule has 1 aliphatic rings. The van der Waals surface area contributed by atoms with Gasteiger partial charge in [-0.3, -0.25) is 4.79 Å². The number of aromatic nitrogens is 2. The zero-order valence-electron chi connectivity index (χ0n) is 13.7. The van der Waals surface area contributed by atoms with Gasteiger partial charge in [-0.25, -0.2) is 9.97 Å². The summed E-state index contributed by atoms with van der Waals surface area (Å²) >= 11 is 0. The van der Waals surface area contributed by atoms with Crippen molar-refractivity contribution >= 4 is 17.4 Å². The van der Waals surface area contributed by atoms with Crippen LogP contribution >= 0.6 is 0 Å². The number of rotatable bonds is 5. The number of halogens is 3. The van der Waals surface area contributed by atoms with Crippen molar-refractivity contribution in [3.8, 4) is 0 Å². The van der Waals surface area contributed by atoms with Crippen LogP contribution in [0.5, 0.6) is 0 Å². The van der Waals surface area contributed by atoms with Crippen molar-refractivity contribution in [2.75, 3.05) is 23.8 Å². The Hall–Kier alpha value is -2.68. The average Bonchev–Trinajstić information content (AvgIpc) is 3.13. The monoisotopic (exact) mass is 366 g/mol. The van der Waals surface area contributed by atoms with Crippen LogP contribution in [-0.4, -0.2) is 35.1 Å². The number of alkyl halides is 3. The van der Waals surface area contributed by atoms with E-state index < -0.39 is 17.6 Å². The number of benzene rings is 1. The summed E-state index contributed by atoms with van der Waals surface area (Å²) in [5.74, 6) is -0.0552. The third-order valence-corrected chi connectivity index (χ3v) is 3.90. The first-order chi connectivity index (χ1) is 12.4. The van der Waals surface area contributed by atoms with Crippen molar-refractivity contribution in [2.24, 2.45) is 0 Å². The van der Waals surface area contributed by atoms with Gasteiger partial charge in [-0.2, -0.15) is 13.2 Å². The third-order valence-electron chi connectivity index (χ3n) is 3.90. The van der Waals surface area contributed by atoms with Crippen molar-refractivity contribution in [1.82, 2.24) is 9.97 Å². The first-order valence-electron chi connectivity index (χ1n) is 8.08. The summed E-state index contributed by atoms with van der Waals surface area (Å²) in [6.07, 6.45) is -1.05. The van der Waals surface area contributed by atoms with Gasteiger partial charge in [0.1, 0.15) is 17.8 Å². The highest BCUT2D eigenvalue weighted by molar-refractivity contribution is 6.03. The van der Waals surface area contributed by atoms with E-state index in [1.165, 1.54) is 24.5 Å². The Morgan fingerprint density at radius 1 is 1.23 bits per heavy atom. The topological polar surface area (TPSA) is 76.1 Å². The van der Waals surface area contributed by atoms with Crippen molar-refractivity contribution in [1.29, 1.82) is 0 Å². The second-order valence-corrected chi connectivity index (χ2v) is 5.83. The molecule has 1 aliphatic heterocycles. The second-order valence-electron chi connectivity index (χ2n) is 5.83. The number of anilines is 2. The van der Waals surface area contributed by atoms with Gasteiger partial charge < -0.3 is 15.4 Å². The zero-order valence-corrected chi connectivity index (χ0v) is 13.7. The number of carbonyl (C=O) groups is 1. The Kier molecular flexibility index (Phi) is 5.36. The Balaban J connectivity index is 1.61. The lowest BCUT2D eigenvalue weighted by Gasteiger charge is -2.12. The van der Waals surface area contributed by atoms with Crippen molar-refractivity contribution in [3.63, 3.8) is 0 Å². The van der Waals surface area contributed by atoms with Gasteiger partial charge in [-0.15, -0.1) is 0 Å². The molecule has 138 valence electrons. The van der Waals surface area contributed by atoms with E-state index in [-0.39, 0.29) is 17.5 Å².